The van der Waals surface area contributed by atoms with E-state index in [2.05, 4.69) is 26.2 Å². The molecule has 1 aromatic heterocycles. The second-order valence-corrected chi connectivity index (χ2v) is 6.06. The Hall–Kier alpha value is -2.08. The Morgan fingerprint density at radius 3 is 2.52 bits per heavy atom. The van der Waals surface area contributed by atoms with Gasteiger partial charge < -0.3 is 5.32 Å². The van der Waals surface area contributed by atoms with Crippen LogP contribution in [0.15, 0.2) is 53.1 Å². The number of fused-ring (bicyclic) bond motifs is 1. The van der Waals surface area contributed by atoms with Crippen LogP contribution in [0, 0.1) is 6.92 Å². The number of hydrogen-bond acceptors (Lipinski definition) is 2. The van der Waals surface area contributed by atoms with E-state index in [9.17, 15) is 13.2 Å². The maximum atomic E-state index is 13.1. The number of nitrogens with zero attached hydrogens (tertiary/aromatic N) is 1. The molecule has 6 heteroatoms. The molecule has 0 amide bonds. The number of aryl methyl sites for hydroxylation is 1. The highest BCUT2D eigenvalue weighted by molar-refractivity contribution is 9.10. The number of hydrogen-bond donors (Lipinski definition) is 1. The minimum atomic E-state index is -4.43. The quantitative estimate of drug-likeness (QED) is 0.583. The fourth-order valence-electron chi connectivity index (χ4n) is 2.43. The van der Waals surface area contributed by atoms with E-state index < -0.39 is 11.7 Å². The molecule has 0 aliphatic heterocycles. The summed E-state index contributed by atoms with van der Waals surface area (Å²) in [6.07, 6.45) is -3.05. The van der Waals surface area contributed by atoms with Crippen molar-refractivity contribution in [2.45, 2.75) is 13.1 Å². The van der Waals surface area contributed by atoms with Crippen molar-refractivity contribution < 1.29 is 13.2 Å². The Morgan fingerprint density at radius 1 is 1.04 bits per heavy atom. The van der Waals surface area contributed by atoms with Crippen LogP contribution >= 0.6 is 15.9 Å². The van der Waals surface area contributed by atoms with E-state index in [1.54, 1.807) is 12.1 Å². The van der Waals surface area contributed by atoms with Gasteiger partial charge in [0.25, 0.3) is 0 Å². The summed E-state index contributed by atoms with van der Waals surface area (Å²) in [7, 11) is 0. The summed E-state index contributed by atoms with van der Waals surface area (Å²) < 4.78 is 40.3. The van der Waals surface area contributed by atoms with Gasteiger partial charge in [-0.3, -0.25) is 4.98 Å². The number of aromatic nitrogens is 1. The molecule has 0 unspecified atom stereocenters. The van der Waals surface area contributed by atoms with Crippen LogP contribution in [0.5, 0.6) is 0 Å². The molecule has 0 aliphatic rings. The molecule has 0 aliphatic carbocycles. The smallest absolute Gasteiger partial charge is 0.355 e. The van der Waals surface area contributed by atoms with Gasteiger partial charge in [-0.1, -0.05) is 28.1 Å². The largest absolute Gasteiger partial charge is 0.418 e. The number of rotatable bonds is 2. The third kappa shape index (κ3) is 3.17. The number of halogens is 4. The monoisotopic (exact) mass is 380 g/mol. The van der Waals surface area contributed by atoms with Crippen molar-refractivity contribution in [2.24, 2.45) is 0 Å². The molecule has 3 rings (SSSR count). The summed E-state index contributed by atoms with van der Waals surface area (Å²) in [6.45, 7) is 1.93. The van der Waals surface area contributed by atoms with Crippen LogP contribution in [0.4, 0.5) is 24.5 Å². The topological polar surface area (TPSA) is 24.9 Å². The van der Waals surface area contributed by atoms with Crippen molar-refractivity contribution in [3.05, 3.63) is 64.3 Å². The molecular formula is C17H12BrF3N2. The standard InChI is InChI=1S/C17H12BrF3N2/c1-10-9-11(18)5-6-14(10)23-15-7-8-22-16-12(15)3-2-4-13(16)17(19,20)21/h2-9H,1H3,(H,22,23). The van der Waals surface area contributed by atoms with Crippen molar-refractivity contribution in [1.82, 2.24) is 4.98 Å². The van der Waals surface area contributed by atoms with Crippen molar-refractivity contribution in [3.63, 3.8) is 0 Å². The second-order valence-electron chi connectivity index (χ2n) is 5.14. The third-order valence-corrected chi connectivity index (χ3v) is 4.03. The Balaban J connectivity index is 2.12. The summed E-state index contributed by atoms with van der Waals surface area (Å²) in [5.74, 6) is 0. The van der Waals surface area contributed by atoms with Gasteiger partial charge in [0.1, 0.15) is 0 Å². The van der Waals surface area contributed by atoms with Gasteiger partial charge in [0.15, 0.2) is 0 Å². The maximum absolute atomic E-state index is 13.1. The highest BCUT2D eigenvalue weighted by atomic mass is 79.9. The lowest BCUT2D eigenvalue weighted by atomic mass is 10.1. The predicted molar refractivity (Wildman–Crippen MR) is 88.9 cm³/mol. The lowest BCUT2D eigenvalue weighted by molar-refractivity contribution is -0.136. The first-order valence-corrected chi connectivity index (χ1v) is 7.63. The molecule has 0 fully saturated rings. The summed E-state index contributed by atoms with van der Waals surface area (Å²) in [6, 6.07) is 11.4. The Kier molecular flexibility index (Phi) is 4.02. The molecule has 0 saturated carbocycles. The first-order valence-electron chi connectivity index (χ1n) is 6.84. The SMILES string of the molecule is Cc1cc(Br)ccc1Nc1ccnc2c(C(F)(F)F)cccc12. The van der Waals surface area contributed by atoms with Gasteiger partial charge in [-0.05, 0) is 42.8 Å². The molecule has 0 atom stereocenters. The van der Waals surface area contributed by atoms with Crippen LogP contribution < -0.4 is 5.32 Å². The van der Waals surface area contributed by atoms with Crippen LogP contribution in [0.2, 0.25) is 0 Å². The van der Waals surface area contributed by atoms with Gasteiger partial charge >= 0.3 is 6.18 Å². The van der Waals surface area contributed by atoms with E-state index in [1.807, 2.05) is 25.1 Å². The first kappa shape index (κ1) is 15.8. The highest BCUT2D eigenvalue weighted by Gasteiger charge is 2.33. The molecule has 0 bridgehead atoms. The molecule has 3 aromatic rings. The first-order chi connectivity index (χ1) is 10.9. The zero-order valence-corrected chi connectivity index (χ0v) is 13.7. The van der Waals surface area contributed by atoms with Crippen LogP contribution in [-0.2, 0) is 6.18 Å². The third-order valence-electron chi connectivity index (χ3n) is 3.53. The predicted octanol–water partition coefficient (Wildman–Crippen LogP) is 6.07. The average Bonchev–Trinajstić information content (AvgIpc) is 2.49. The summed E-state index contributed by atoms with van der Waals surface area (Å²) >= 11 is 3.39. The molecule has 0 radical (unpaired) electrons. The summed E-state index contributed by atoms with van der Waals surface area (Å²) in [5, 5.41) is 3.63. The van der Waals surface area contributed by atoms with E-state index in [0.29, 0.717) is 11.1 Å². The van der Waals surface area contributed by atoms with E-state index >= 15 is 0 Å². The lowest BCUT2D eigenvalue weighted by Gasteiger charge is -2.14. The van der Waals surface area contributed by atoms with Crippen LogP contribution in [-0.4, -0.2) is 4.98 Å². The molecular weight excluding hydrogens is 369 g/mol. The van der Waals surface area contributed by atoms with Crippen molar-refractivity contribution in [3.8, 4) is 0 Å². The van der Waals surface area contributed by atoms with Crippen molar-refractivity contribution in [1.29, 1.82) is 0 Å². The Bertz CT molecular complexity index is 875. The number of nitrogens with one attached hydrogen (secondary N) is 1. The van der Waals surface area contributed by atoms with Crippen LogP contribution in [0.1, 0.15) is 11.1 Å². The molecule has 23 heavy (non-hydrogen) atoms. The number of benzene rings is 2. The Morgan fingerprint density at radius 2 is 1.83 bits per heavy atom. The minimum Gasteiger partial charge on any atom is -0.355 e. The zero-order valence-electron chi connectivity index (χ0n) is 12.1. The normalized spacial score (nSPS) is 11.7. The molecule has 1 N–H and O–H groups in total. The zero-order chi connectivity index (χ0) is 16.6. The lowest BCUT2D eigenvalue weighted by Crippen LogP contribution is -2.07. The summed E-state index contributed by atoms with van der Waals surface area (Å²) in [4.78, 5) is 3.92. The molecule has 0 saturated heterocycles. The fraction of sp³-hybridized carbons (Fsp3) is 0.118. The van der Waals surface area contributed by atoms with Crippen molar-refractivity contribution >= 4 is 38.2 Å². The van der Waals surface area contributed by atoms with Crippen LogP contribution in [0.25, 0.3) is 10.9 Å². The molecule has 1 heterocycles. The number of para-hydroxylation sites is 1. The molecule has 2 nitrogen and oxygen atoms in total. The number of pyridine rings is 1. The van der Waals surface area contributed by atoms with Gasteiger partial charge in [0.05, 0.1) is 11.1 Å². The Labute approximate surface area is 139 Å². The van der Waals surface area contributed by atoms with Gasteiger partial charge in [0, 0.05) is 27.4 Å². The number of anilines is 2. The molecule has 118 valence electrons. The average molecular weight is 381 g/mol. The van der Waals surface area contributed by atoms with E-state index in [0.717, 1.165) is 21.8 Å². The second kappa shape index (κ2) is 5.85. The van der Waals surface area contributed by atoms with E-state index in [1.165, 1.54) is 12.3 Å². The number of alkyl halides is 3. The van der Waals surface area contributed by atoms with Crippen molar-refractivity contribution in [2.75, 3.05) is 5.32 Å². The van der Waals surface area contributed by atoms with Gasteiger partial charge in [0.2, 0.25) is 0 Å². The molecule has 2 aromatic carbocycles. The summed E-state index contributed by atoms with van der Waals surface area (Å²) in [5.41, 5.74) is 1.62. The van der Waals surface area contributed by atoms with Gasteiger partial charge in [-0.15, -0.1) is 0 Å². The maximum Gasteiger partial charge on any atom is 0.418 e. The van der Waals surface area contributed by atoms with Gasteiger partial charge in [-0.2, -0.15) is 13.2 Å². The fourth-order valence-corrected chi connectivity index (χ4v) is 2.90. The van der Waals surface area contributed by atoms with E-state index in [-0.39, 0.29) is 5.52 Å². The van der Waals surface area contributed by atoms with Gasteiger partial charge in [-0.25, -0.2) is 0 Å². The van der Waals surface area contributed by atoms with E-state index in [4.69, 9.17) is 0 Å². The molecule has 0 spiro atoms. The van der Waals surface area contributed by atoms with Crippen LogP contribution in [0.3, 0.4) is 0 Å². The highest BCUT2D eigenvalue weighted by Crippen LogP contribution is 2.36. The minimum absolute atomic E-state index is 0.0558.